The second-order valence-corrected chi connectivity index (χ2v) is 6.83. The molecule has 0 saturated heterocycles. The number of hydrogen-bond acceptors (Lipinski definition) is 0. The maximum Gasteiger partial charge on any atom is 0 e. The minimum atomic E-state index is 0. The topological polar surface area (TPSA) is 0 Å². The first-order valence-corrected chi connectivity index (χ1v) is 9.97. The first-order chi connectivity index (χ1) is 10.9. The molecule has 0 spiro atoms. The van der Waals surface area contributed by atoms with E-state index in [1.54, 1.807) is 0 Å². The van der Waals surface area contributed by atoms with Gasteiger partial charge >= 0.3 is 0 Å². The van der Waals surface area contributed by atoms with Gasteiger partial charge in [0.05, 0.1) is 0 Å². The fourth-order valence-corrected chi connectivity index (χ4v) is 3.17. The first kappa shape index (κ1) is 23.5. The zero-order chi connectivity index (χ0) is 15.7. The average Bonchev–Trinajstić information content (AvgIpc) is 2.56. The molecule has 0 fully saturated rings. The van der Waals surface area contributed by atoms with Gasteiger partial charge in [-0.2, -0.15) is 0 Å². The first-order valence-electron chi connectivity index (χ1n) is 9.97. The zero-order valence-corrected chi connectivity index (χ0v) is 17.9. The number of aryl methyl sites for hydroxylation is 1. The molecule has 0 bridgehead atoms. The largest absolute Gasteiger partial charge is 0.0654 e. The summed E-state index contributed by atoms with van der Waals surface area (Å²) in [5.41, 5.74) is 1.50. The molecule has 1 heteroatoms. The van der Waals surface area contributed by atoms with Crippen LogP contribution >= 0.6 is 0 Å². The molecule has 1 aromatic carbocycles. The Hall–Kier alpha value is 0.480. The summed E-state index contributed by atoms with van der Waals surface area (Å²) in [4.78, 5) is 0. The van der Waals surface area contributed by atoms with E-state index in [0.29, 0.717) is 0 Å². The molecule has 0 heterocycles. The Kier molecular flexibility index (Phi) is 19.2. The molecule has 0 N–H and O–H groups in total. The maximum atomic E-state index is 2.29. The minimum Gasteiger partial charge on any atom is -0.0654 e. The third kappa shape index (κ3) is 15.7. The second-order valence-electron chi connectivity index (χ2n) is 6.83. The van der Waals surface area contributed by atoms with E-state index >= 15 is 0 Å². The third-order valence-electron chi connectivity index (χ3n) is 4.66. The Morgan fingerprint density at radius 2 is 0.913 bits per heavy atom. The van der Waals surface area contributed by atoms with Gasteiger partial charge in [0, 0.05) is 37.7 Å². The molecule has 23 heavy (non-hydrogen) atoms. The Morgan fingerprint density at radius 3 is 1.35 bits per heavy atom. The summed E-state index contributed by atoms with van der Waals surface area (Å²) in [6, 6.07) is 10.9. The van der Waals surface area contributed by atoms with Crippen molar-refractivity contribution in [3.63, 3.8) is 0 Å². The molecule has 0 unspecified atom stereocenters. The molecule has 128 valence electrons. The van der Waals surface area contributed by atoms with Crippen LogP contribution in [0.4, 0.5) is 0 Å². The minimum absolute atomic E-state index is 0. The van der Waals surface area contributed by atoms with E-state index in [1.807, 2.05) is 0 Å². The predicted octanol–water partition coefficient (Wildman–Crippen LogP) is 7.33. The molecule has 0 aliphatic heterocycles. The summed E-state index contributed by atoms with van der Waals surface area (Å²) in [7, 11) is 0. The van der Waals surface area contributed by atoms with Crippen molar-refractivity contribution in [3.8, 4) is 0 Å². The van der Waals surface area contributed by atoms with Gasteiger partial charge < -0.3 is 0 Å². The van der Waals surface area contributed by atoms with E-state index in [1.165, 1.54) is 102 Å². The molecule has 2 radical (unpaired) electrons. The van der Waals surface area contributed by atoms with Crippen molar-refractivity contribution in [2.45, 2.75) is 103 Å². The van der Waals surface area contributed by atoms with Crippen molar-refractivity contribution in [2.24, 2.45) is 0 Å². The standard InChI is InChI=1S/C22H38.Ca/c1-2-3-4-5-6-7-8-9-10-11-12-13-14-16-19-22-20-17-15-18-21-22;/h15,17-18,20-21H,2-14,16,19H2,1H3;. The van der Waals surface area contributed by atoms with Crippen LogP contribution in [0.2, 0.25) is 0 Å². The van der Waals surface area contributed by atoms with Crippen molar-refractivity contribution < 1.29 is 0 Å². The predicted molar refractivity (Wildman–Crippen MR) is 106 cm³/mol. The van der Waals surface area contributed by atoms with Crippen LogP contribution in [0.5, 0.6) is 0 Å². The van der Waals surface area contributed by atoms with Gasteiger partial charge in [-0.3, -0.25) is 0 Å². The summed E-state index contributed by atoms with van der Waals surface area (Å²) in [6.07, 6.45) is 21.5. The van der Waals surface area contributed by atoms with Crippen LogP contribution < -0.4 is 0 Å². The van der Waals surface area contributed by atoms with Crippen LogP contribution in [0, 0.1) is 0 Å². The number of rotatable bonds is 15. The maximum absolute atomic E-state index is 2.29. The van der Waals surface area contributed by atoms with E-state index < -0.39 is 0 Å². The molecule has 0 aromatic heterocycles. The van der Waals surface area contributed by atoms with Crippen molar-refractivity contribution in [1.29, 1.82) is 0 Å². The summed E-state index contributed by atoms with van der Waals surface area (Å²) >= 11 is 0. The number of unbranched alkanes of at least 4 members (excludes halogenated alkanes) is 13. The quantitative estimate of drug-likeness (QED) is 0.231. The molecule has 0 atom stereocenters. The van der Waals surface area contributed by atoms with Gasteiger partial charge in [-0.1, -0.05) is 121 Å². The van der Waals surface area contributed by atoms with Crippen molar-refractivity contribution in [3.05, 3.63) is 35.9 Å². The molecule has 0 saturated carbocycles. The molecule has 0 aliphatic rings. The van der Waals surface area contributed by atoms with Crippen molar-refractivity contribution in [2.75, 3.05) is 0 Å². The second kappa shape index (κ2) is 18.8. The monoisotopic (exact) mass is 342 g/mol. The van der Waals surface area contributed by atoms with Crippen LogP contribution in [-0.2, 0) is 6.42 Å². The molecule has 1 rings (SSSR count). The van der Waals surface area contributed by atoms with Gasteiger partial charge in [0.1, 0.15) is 0 Å². The average molecular weight is 343 g/mol. The van der Waals surface area contributed by atoms with E-state index in [-0.39, 0.29) is 37.7 Å². The Labute approximate surface area is 175 Å². The zero-order valence-electron chi connectivity index (χ0n) is 15.7. The molecule has 1 aromatic rings. The Bertz CT molecular complexity index is 320. The van der Waals surface area contributed by atoms with E-state index in [0.717, 1.165) is 0 Å². The molecule has 0 aliphatic carbocycles. The van der Waals surface area contributed by atoms with E-state index in [9.17, 15) is 0 Å². The summed E-state index contributed by atoms with van der Waals surface area (Å²) < 4.78 is 0. The number of benzene rings is 1. The van der Waals surface area contributed by atoms with Crippen molar-refractivity contribution in [1.82, 2.24) is 0 Å². The van der Waals surface area contributed by atoms with Crippen LogP contribution in [-0.4, -0.2) is 37.7 Å². The number of hydrogen-bond donors (Lipinski definition) is 0. The molecule has 0 nitrogen and oxygen atoms in total. The fraction of sp³-hybridized carbons (Fsp3) is 0.727. The van der Waals surface area contributed by atoms with Crippen LogP contribution in [0.3, 0.4) is 0 Å². The van der Waals surface area contributed by atoms with Gasteiger partial charge in [0.15, 0.2) is 0 Å². The van der Waals surface area contributed by atoms with Gasteiger partial charge in [-0.05, 0) is 18.4 Å². The SMILES string of the molecule is CCCCCCCCCCCCCCCCc1ccccc1.[Ca]. The smallest absolute Gasteiger partial charge is 0 e. The molecule has 0 amide bonds. The van der Waals surface area contributed by atoms with E-state index in [4.69, 9.17) is 0 Å². The molecular formula is C22H38Ca. The molecular weight excluding hydrogens is 304 g/mol. The Balaban J connectivity index is 0.00000484. The van der Waals surface area contributed by atoms with Crippen LogP contribution in [0.15, 0.2) is 30.3 Å². The normalized spacial score (nSPS) is 10.5. The van der Waals surface area contributed by atoms with Gasteiger partial charge in [0.2, 0.25) is 0 Å². The fourth-order valence-electron chi connectivity index (χ4n) is 3.17. The van der Waals surface area contributed by atoms with Crippen LogP contribution in [0.25, 0.3) is 0 Å². The van der Waals surface area contributed by atoms with Gasteiger partial charge in [-0.25, -0.2) is 0 Å². The summed E-state index contributed by atoms with van der Waals surface area (Å²) in [5, 5.41) is 0. The van der Waals surface area contributed by atoms with E-state index in [2.05, 4.69) is 37.3 Å². The summed E-state index contributed by atoms with van der Waals surface area (Å²) in [6.45, 7) is 2.29. The third-order valence-corrected chi connectivity index (χ3v) is 4.66. The van der Waals surface area contributed by atoms with Gasteiger partial charge in [0.25, 0.3) is 0 Å². The van der Waals surface area contributed by atoms with Crippen molar-refractivity contribution >= 4 is 37.7 Å². The van der Waals surface area contributed by atoms with Gasteiger partial charge in [-0.15, -0.1) is 0 Å². The Morgan fingerprint density at radius 1 is 0.522 bits per heavy atom. The van der Waals surface area contributed by atoms with Crippen LogP contribution in [0.1, 0.15) is 102 Å². The summed E-state index contributed by atoms with van der Waals surface area (Å²) in [5.74, 6) is 0.